The Hall–Kier alpha value is -3.84. The summed E-state index contributed by atoms with van der Waals surface area (Å²) < 4.78 is 50.5. The molecule has 248 valence electrons. The molecule has 4 heterocycles. The molecule has 0 bridgehead atoms. The van der Waals surface area contributed by atoms with Crippen molar-refractivity contribution in [2.45, 2.75) is 71.1 Å². The molecule has 1 saturated heterocycles. The fraction of sp³-hybridized carbons (Fsp3) is 0.515. The lowest BCUT2D eigenvalue weighted by Gasteiger charge is -2.35. The first kappa shape index (κ1) is 33.5. The summed E-state index contributed by atoms with van der Waals surface area (Å²) in [6, 6.07) is 5.77. The van der Waals surface area contributed by atoms with Gasteiger partial charge in [-0.2, -0.15) is 0 Å². The van der Waals surface area contributed by atoms with Crippen LogP contribution in [0, 0.1) is 5.82 Å². The number of aromatic nitrogens is 3. The van der Waals surface area contributed by atoms with E-state index in [9.17, 15) is 17.6 Å². The van der Waals surface area contributed by atoms with Crippen LogP contribution >= 0.6 is 0 Å². The minimum absolute atomic E-state index is 0.0109. The Labute approximate surface area is 270 Å². The molecule has 2 aliphatic heterocycles. The van der Waals surface area contributed by atoms with E-state index in [1.807, 2.05) is 26.8 Å². The molecule has 5 rings (SSSR count). The lowest BCUT2D eigenvalue weighted by Crippen LogP contribution is -2.39. The molecule has 11 nitrogen and oxygen atoms in total. The number of halogens is 1. The van der Waals surface area contributed by atoms with Crippen LogP contribution in [0.5, 0.6) is 17.2 Å². The van der Waals surface area contributed by atoms with Gasteiger partial charge in [-0.15, -0.1) is 0 Å². The highest BCUT2D eigenvalue weighted by Gasteiger charge is 2.29. The number of hydrogen-bond donors (Lipinski definition) is 1. The molecule has 0 aliphatic carbocycles. The normalized spacial score (nSPS) is 17.1. The highest BCUT2D eigenvalue weighted by Crippen LogP contribution is 2.37. The average Bonchev–Trinajstić information content (AvgIpc) is 3.02. The number of ether oxygens (including phenoxy) is 2. The van der Waals surface area contributed by atoms with Crippen molar-refractivity contribution >= 4 is 21.6 Å². The van der Waals surface area contributed by atoms with E-state index in [0.29, 0.717) is 44.0 Å². The van der Waals surface area contributed by atoms with Gasteiger partial charge < -0.3 is 24.6 Å². The number of anilines is 1. The predicted octanol–water partition coefficient (Wildman–Crippen LogP) is 4.73. The van der Waals surface area contributed by atoms with Gasteiger partial charge in [0, 0.05) is 81.3 Å². The first-order chi connectivity index (χ1) is 22.0. The number of nitrogens with zero attached hydrogens (tertiary/aromatic N) is 5. The van der Waals surface area contributed by atoms with Crippen LogP contribution in [-0.4, -0.2) is 84.5 Å². The third-order valence-corrected chi connectivity index (χ3v) is 9.48. The van der Waals surface area contributed by atoms with Gasteiger partial charge in [0.2, 0.25) is 0 Å². The highest BCUT2D eigenvalue weighted by molar-refractivity contribution is 7.90. The summed E-state index contributed by atoms with van der Waals surface area (Å²) in [4.78, 5) is 30.4. The van der Waals surface area contributed by atoms with Crippen molar-refractivity contribution in [2.75, 3.05) is 43.1 Å². The van der Waals surface area contributed by atoms with Gasteiger partial charge in [-0.05, 0) is 57.9 Å². The molecule has 2 aromatic heterocycles. The Morgan fingerprint density at radius 3 is 2.65 bits per heavy atom. The minimum Gasteiger partial charge on any atom is -0.490 e. The summed E-state index contributed by atoms with van der Waals surface area (Å²) >= 11 is 0. The first-order valence-electron chi connectivity index (χ1n) is 15.9. The number of sulfone groups is 1. The van der Waals surface area contributed by atoms with Gasteiger partial charge in [-0.1, -0.05) is 0 Å². The van der Waals surface area contributed by atoms with E-state index in [2.05, 4.69) is 25.2 Å². The number of carbonyl (C=O) groups is 1. The van der Waals surface area contributed by atoms with E-state index in [-0.39, 0.29) is 41.2 Å². The molecule has 1 N–H and O–H groups in total. The Kier molecular flexibility index (Phi) is 10.7. The van der Waals surface area contributed by atoms with Crippen molar-refractivity contribution in [3.8, 4) is 17.2 Å². The molecular weight excluding hydrogens is 611 g/mol. The number of fused-ring (bicyclic) bond motifs is 1. The molecule has 1 fully saturated rings. The van der Waals surface area contributed by atoms with Gasteiger partial charge in [0.05, 0.1) is 17.5 Å². The van der Waals surface area contributed by atoms with Gasteiger partial charge >= 0.3 is 0 Å². The second-order valence-corrected chi connectivity index (χ2v) is 14.4. The maximum atomic E-state index is 14.3. The van der Waals surface area contributed by atoms with E-state index >= 15 is 0 Å². The maximum absolute atomic E-state index is 14.3. The van der Waals surface area contributed by atoms with Crippen LogP contribution < -0.4 is 19.7 Å². The van der Waals surface area contributed by atoms with Crippen LogP contribution in [0.2, 0.25) is 0 Å². The van der Waals surface area contributed by atoms with Crippen molar-refractivity contribution < 1.29 is 27.1 Å². The van der Waals surface area contributed by atoms with Crippen LogP contribution in [0.25, 0.3) is 0 Å². The van der Waals surface area contributed by atoms with E-state index in [0.717, 1.165) is 42.8 Å². The van der Waals surface area contributed by atoms with E-state index in [4.69, 9.17) is 9.47 Å². The number of rotatable bonds is 12. The number of amides is 1. The molecule has 0 spiro atoms. The third kappa shape index (κ3) is 8.11. The molecule has 0 saturated carbocycles. The quantitative estimate of drug-likeness (QED) is 0.293. The Balaban J connectivity index is 1.28. The van der Waals surface area contributed by atoms with Gasteiger partial charge in [-0.25, -0.2) is 22.8 Å². The monoisotopic (exact) mass is 654 g/mol. The fourth-order valence-electron chi connectivity index (χ4n) is 6.19. The fourth-order valence-corrected chi connectivity index (χ4v) is 6.88. The van der Waals surface area contributed by atoms with Crippen molar-refractivity contribution in [3.05, 3.63) is 65.6 Å². The molecule has 2 aliphatic rings. The largest absolute Gasteiger partial charge is 0.490 e. The molecule has 13 heteroatoms. The van der Waals surface area contributed by atoms with Crippen LogP contribution in [-0.2, 0) is 16.3 Å². The van der Waals surface area contributed by atoms with E-state index in [1.54, 1.807) is 17.3 Å². The first-order valence-corrected chi connectivity index (χ1v) is 18.0. The lowest BCUT2D eigenvalue weighted by atomic mass is 9.94. The zero-order valence-corrected chi connectivity index (χ0v) is 27.7. The number of piperidine rings is 1. The number of nitrogens with one attached hydrogen (secondary N) is 1. The summed E-state index contributed by atoms with van der Waals surface area (Å²) in [5.41, 5.74) is 2.16. The van der Waals surface area contributed by atoms with Crippen molar-refractivity contribution in [2.24, 2.45) is 0 Å². The van der Waals surface area contributed by atoms with Crippen LogP contribution in [0.15, 0.2) is 43.0 Å². The van der Waals surface area contributed by atoms with Crippen molar-refractivity contribution in [1.82, 2.24) is 25.2 Å². The maximum Gasteiger partial charge on any atom is 0.257 e. The van der Waals surface area contributed by atoms with Crippen LogP contribution in [0.4, 0.5) is 10.2 Å². The molecule has 1 atom stereocenters. The molecule has 1 aromatic carbocycles. The van der Waals surface area contributed by atoms with Crippen LogP contribution in [0.3, 0.4) is 0 Å². The summed E-state index contributed by atoms with van der Waals surface area (Å²) in [7, 11) is -3.03. The van der Waals surface area contributed by atoms with Crippen molar-refractivity contribution in [1.29, 1.82) is 0 Å². The summed E-state index contributed by atoms with van der Waals surface area (Å²) in [5.74, 6) is 1.31. The number of hydrogen-bond acceptors (Lipinski definition) is 10. The number of pyridine rings is 1. The zero-order chi connectivity index (χ0) is 32.8. The topological polar surface area (TPSA) is 127 Å². The summed E-state index contributed by atoms with van der Waals surface area (Å²) in [6.07, 6.45) is 9.53. The molecule has 0 radical (unpaired) electrons. The second-order valence-electron chi connectivity index (χ2n) is 12.1. The van der Waals surface area contributed by atoms with Crippen LogP contribution in [0.1, 0.15) is 74.1 Å². The Morgan fingerprint density at radius 1 is 1.15 bits per heavy atom. The van der Waals surface area contributed by atoms with Gasteiger partial charge in [0.15, 0.2) is 11.6 Å². The number of carbonyl (C=O) groups excluding carboxylic acids is 1. The van der Waals surface area contributed by atoms with E-state index < -0.39 is 15.7 Å². The molecule has 3 aromatic rings. The average molecular weight is 655 g/mol. The Bertz CT molecular complexity index is 1630. The van der Waals surface area contributed by atoms with Gasteiger partial charge in [0.1, 0.15) is 39.6 Å². The van der Waals surface area contributed by atoms with Crippen molar-refractivity contribution in [3.63, 3.8) is 0 Å². The standard InChI is InChI=1S/C33H43FN6O5S/c1-5-40(22(2)3)33(41)25-19-23(34)8-9-28(25)45-30-20-35-21-38-32(30)39-16-12-24(13-17-39)44-29-11-15-37-27-10-14-36-26(31(27)29)7-6-18-46(4,42)43/h8-9,11,15,19-22,24,26,36H,5-7,10,12-14,16-18H2,1-4H3. The Morgan fingerprint density at radius 2 is 1.93 bits per heavy atom. The molecule has 46 heavy (non-hydrogen) atoms. The highest BCUT2D eigenvalue weighted by atomic mass is 32.2. The summed E-state index contributed by atoms with van der Waals surface area (Å²) in [6.45, 7) is 8.27. The SMILES string of the molecule is CCN(C(=O)c1cc(F)ccc1Oc1cncnc1N1CCC(Oc2ccnc3c2C(CCCS(C)(=O)=O)NCC3)CC1)C(C)C. The lowest BCUT2D eigenvalue weighted by molar-refractivity contribution is 0.0713. The second kappa shape index (κ2) is 14.7. The van der Waals surface area contributed by atoms with Gasteiger partial charge in [0.25, 0.3) is 5.91 Å². The van der Waals surface area contributed by atoms with Gasteiger partial charge in [-0.3, -0.25) is 9.78 Å². The minimum atomic E-state index is -3.03. The predicted molar refractivity (Wildman–Crippen MR) is 174 cm³/mol. The third-order valence-electron chi connectivity index (χ3n) is 8.45. The number of benzene rings is 1. The molecule has 1 unspecified atom stereocenters. The molecular formula is C33H43FN6O5S. The van der Waals surface area contributed by atoms with E-state index in [1.165, 1.54) is 30.8 Å². The zero-order valence-electron chi connectivity index (χ0n) is 26.9. The molecule has 1 amide bonds. The summed E-state index contributed by atoms with van der Waals surface area (Å²) in [5, 5.41) is 3.53. The smallest absolute Gasteiger partial charge is 0.257 e.